The van der Waals surface area contributed by atoms with E-state index in [1.54, 1.807) is 12.1 Å². The molecule has 1 atom stereocenters. The van der Waals surface area contributed by atoms with Crippen molar-refractivity contribution in [2.75, 3.05) is 6.54 Å². The molecule has 16 heavy (non-hydrogen) atoms. The number of rotatable bonds is 6. The number of benzene rings is 1. The Kier molecular flexibility index (Phi) is 5.32. The van der Waals surface area contributed by atoms with Crippen molar-refractivity contribution in [1.82, 2.24) is 5.32 Å². The third-order valence-electron chi connectivity index (χ3n) is 2.33. The van der Waals surface area contributed by atoms with Gasteiger partial charge in [-0.05, 0) is 37.1 Å². The van der Waals surface area contributed by atoms with Gasteiger partial charge in [0.2, 0.25) is 0 Å². The topological polar surface area (TPSA) is 12.0 Å². The Balaban J connectivity index is 2.57. The first-order valence-electron chi connectivity index (χ1n) is 5.39. The molecule has 0 radical (unpaired) electrons. The summed E-state index contributed by atoms with van der Waals surface area (Å²) >= 11 is 0. The zero-order chi connectivity index (χ0) is 12.0. The van der Waals surface area contributed by atoms with E-state index in [0.29, 0.717) is 6.54 Å². The molecule has 1 N–H and O–H groups in total. The summed E-state index contributed by atoms with van der Waals surface area (Å²) in [6.45, 7) is 2.49. The maximum Gasteiger partial charge on any atom is 0.254 e. The average Bonchev–Trinajstić information content (AvgIpc) is 2.26. The van der Waals surface area contributed by atoms with E-state index in [-0.39, 0.29) is 12.2 Å². The molecule has 0 aliphatic rings. The molecule has 90 valence electrons. The third-order valence-corrected chi connectivity index (χ3v) is 2.33. The SMILES string of the molecule is CCCNC(Cc1ccc(F)cc1)C(F)F. The molecule has 0 bridgehead atoms. The second kappa shape index (κ2) is 6.53. The summed E-state index contributed by atoms with van der Waals surface area (Å²) < 4.78 is 37.9. The summed E-state index contributed by atoms with van der Waals surface area (Å²) in [6.07, 6.45) is -1.37. The van der Waals surface area contributed by atoms with Crippen LogP contribution in [0.3, 0.4) is 0 Å². The smallest absolute Gasteiger partial charge is 0.254 e. The van der Waals surface area contributed by atoms with Crippen LogP contribution in [0.2, 0.25) is 0 Å². The van der Waals surface area contributed by atoms with Gasteiger partial charge in [-0.1, -0.05) is 19.1 Å². The van der Waals surface area contributed by atoms with Gasteiger partial charge in [-0.2, -0.15) is 0 Å². The van der Waals surface area contributed by atoms with E-state index in [9.17, 15) is 13.2 Å². The minimum absolute atomic E-state index is 0.220. The first-order chi connectivity index (χ1) is 7.63. The number of halogens is 3. The number of nitrogens with one attached hydrogen (secondary N) is 1. The van der Waals surface area contributed by atoms with Gasteiger partial charge in [-0.25, -0.2) is 13.2 Å². The molecule has 0 saturated heterocycles. The molecule has 0 aromatic heterocycles. The van der Waals surface area contributed by atoms with Gasteiger partial charge in [0.25, 0.3) is 6.43 Å². The zero-order valence-corrected chi connectivity index (χ0v) is 9.22. The Morgan fingerprint density at radius 1 is 1.19 bits per heavy atom. The van der Waals surface area contributed by atoms with Gasteiger partial charge >= 0.3 is 0 Å². The van der Waals surface area contributed by atoms with E-state index in [0.717, 1.165) is 12.0 Å². The molecule has 1 aromatic carbocycles. The van der Waals surface area contributed by atoms with Crippen LogP contribution < -0.4 is 5.32 Å². The molecule has 0 heterocycles. The van der Waals surface area contributed by atoms with Crippen LogP contribution in [0.4, 0.5) is 13.2 Å². The zero-order valence-electron chi connectivity index (χ0n) is 9.22. The Morgan fingerprint density at radius 2 is 1.81 bits per heavy atom. The molecule has 4 heteroatoms. The van der Waals surface area contributed by atoms with Gasteiger partial charge in [0.05, 0.1) is 6.04 Å². The maximum absolute atomic E-state index is 12.7. The van der Waals surface area contributed by atoms with Crippen LogP contribution in [-0.4, -0.2) is 19.0 Å². The molecule has 1 unspecified atom stereocenters. The van der Waals surface area contributed by atoms with Crippen molar-refractivity contribution in [3.8, 4) is 0 Å². The van der Waals surface area contributed by atoms with Crippen molar-refractivity contribution < 1.29 is 13.2 Å². The van der Waals surface area contributed by atoms with Gasteiger partial charge in [-0.3, -0.25) is 0 Å². The van der Waals surface area contributed by atoms with Crippen LogP contribution in [0.15, 0.2) is 24.3 Å². The Labute approximate surface area is 93.7 Å². The molecule has 1 nitrogen and oxygen atoms in total. The van der Waals surface area contributed by atoms with Gasteiger partial charge in [-0.15, -0.1) is 0 Å². The predicted octanol–water partition coefficient (Wildman–Crippen LogP) is 3.00. The molecule has 0 spiro atoms. The predicted molar refractivity (Wildman–Crippen MR) is 58.2 cm³/mol. The van der Waals surface area contributed by atoms with Crippen LogP contribution in [0.25, 0.3) is 0 Å². The lowest BCUT2D eigenvalue weighted by Gasteiger charge is -2.17. The molecule has 0 aliphatic carbocycles. The minimum atomic E-state index is -2.41. The highest BCUT2D eigenvalue weighted by Crippen LogP contribution is 2.10. The van der Waals surface area contributed by atoms with Crippen LogP contribution >= 0.6 is 0 Å². The van der Waals surface area contributed by atoms with Crippen molar-refractivity contribution in [1.29, 1.82) is 0 Å². The van der Waals surface area contributed by atoms with Crippen molar-refractivity contribution in [2.24, 2.45) is 0 Å². The normalized spacial score (nSPS) is 13.1. The second-order valence-electron chi connectivity index (χ2n) is 3.73. The summed E-state index contributed by atoms with van der Waals surface area (Å²) in [5.74, 6) is -0.348. The number of hydrogen-bond acceptors (Lipinski definition) is 1. The summed E-state index contributed by atoms with van der Waals surface area (Å²) in [5, 5.41) is 2.79. The van der Waals surface area contributed by atoms with E-state index in [1.807, 2.05) is 6.92 Å². The molecular weight excluding hydrogens is 215 g/mol. The second-order valence-corrected chi connectivity index (χ2v) is 3.73. The highest BCUT2D eigenvalue weighted by molar-refractivity contribution is 5.17. The first-order valence-corrected chi connectivity index (χ1v) is 5.39. The van der Waals surface area contributed by atoms with Gasteiger partial charge in [0, 0.05) is 0 Å². The molecular formula is C12H16F3N. The Bertz CT molecular complexity index is 298. The molecule has 0 saturated carbocycles. The highest BCUT2D eigenvalue weighted by atomic mass is 19.3. The van der Waals surface area contributed by atoms with Gasteiger partial charge in [0.1, 0.15) is 5.82 Å². The maximum atomic E-state index is 12.7. The fourth-order valence-corrected chi connectivity index (χ4v) is 1.45. The van der Waals surface area contributed by atoms with Crippen molar-refractivity contribution in [3.05, 3.63) is 35.6 Å². The standard InChI is InChI=1S/C12H16F3N/c1-2-7-16-11(12(14)15)8-9-3-5-10(13)6-4-9/h3-6,11-12,16H,2,7-8H2,1H3. The van der Waals surface area contributed by atoms with Gasteiger partial charge < -0.3 is 5.32 Å². The molecule has 0 aliphatic heterocycles. The van der Waals surface area contributed by atoms with Crippen LogP contribution in [0, 0.1) is 5.82 Å². The summed E-state index contributed by atoms with van der Waals surface area (Å²) in [4.78, 5) is 0. The van der Waals surface area contributed by atoms with E-state index in [1.165, 1.54) is 12.1 Å². The fraction of sp³-hybridized carbons (Fsp3) is 0.500. The highest BCUT2D eigenvalue weighted by Gasteiger charge is 2.19. The van der Waals surface area contributed by atoms with Gasteiger partial charge in [0.15, 0.2) is 0 Å². The van der Waals surface area contributed by atoms with E-state index in [2.05, 4.69) is 5.32 Å². The molecule has 1 rings (SSSR count). The Hall–Kier alpha value is -1.03. The van der Waals surface area contributed by atoms with E-state index >= 15 is 0 Å². The lowest BCUT2D eigenvalue weighted by molar-refractivity contribution is 0.0983. The van der Waals surface area contributed by atoms with E-state index in [4.69, 9.17) is 0 Å². The lowest BCUT2D eigenvalue weighted by atomic mass is 10.1. The molecule has 0 amide bonds. The third kappa shape index (κ3) is 4.23. The fourth-order valence-electron chi connectivity index (χ4n) is 1.45. The Morgan fingerprint density at radius 3 is 2.31 bits per heavy atom. The summed E-state index contributed by atoms with van der Waals surface area (Å²) in [5.41, 5.74) is 0.718. The largest absolute Gasteiger partial charge is 0.309 e. The summed E-state index contributed by atoms with van der Waals surface area (Å²) in [7, 11) is 0. The number of alkyl halides is 2. The van der Waals surface area contributed by atoms with Crippen LogP contribution in [-0.2, 0) is 6.42 Å². The molecule has 1 aromatic rings. The van der Waals surface area contributed by atoms with Crippen LogP contribution in [0.1, 0.15) is 18.9 Å². The minimum Gasteiger partial charge on any atom is -0.309 e. The quantitative estimate of drug-likeness (QED) is 0.793. The van der Waals surface area contributed by atoms with Crippen LogP contribution in [0.5, 0.6) is 0 Å². The average molecular weight is 231 g/mol. The monoisotopic (exact) mass is 231 g/mol. The summed E-state index contributed by atoms with van der Waals surface area (Å²) in [6, 6.07) is 4.80. The first kappa shape index (κ1) is 13.0. The van der Waals surface area contributed by atoms with Crippen molar-refractivity contribution >= 4 is 0 Å². The van der Waals surface area contributed by atoms with Crippen molar-refractivity contribution in [2.45, 2.75) is 32.2 Å². The van der Waals surface area contributed by atoms with Crippen molar-refractivity contribution in [3.63, 3.8) is 0 Å². The van der Waals surface area contributed by atoms with E-state index < -0.39 is 12.5 Å². The molecule has 0 fully saturated rings. The number of hydrogen-bond donors (Lipinski definition) is 1. The lowest BCUT2D eigenvalue weighted by Crippen LogP contribution is -2.37.